The van der Waals surface area contributed by atoms with Crippen LogP contribution in [0.2, 0.25) is 25.7 Å². The topological polar surface area (TPSA) is 82.8 Å². The van der Waals surface area contributed by atoms with E-state index in [-0.39, 0.29) is 16.5 Å². The van der Waals surface area contributed by atoms with E-state index >= 15 is 0 Å². The largest absolute Gasteiger partial charge is 0.464 e. The minimum absolute atomic E-state index is 0.00378. The third-order valence-electron chi connectivity index (χ3n) is 7.72. The molecule has 232 valence electrons. The zero-order chi connectivity index (χ0) is 32.3. The first-order valence-corrected chi connectivity index (χ1v) is 19.7. The third-order valence-corrected chi connectivity index (χ3v) is 10.4. The van der Waals surface area contributed by atoms with Crippen LogP contribution in [0.15, 0.2) is 108 Å². The summed E-state index contributed by atoms with van der Waals surface area (Å²) in [5.74, 6) is -0.947. The Bertz CT molecular complexity index is 2020. The monoisotopic (exact) mass is 645 g/mol. The molecule has 0 atom stereocenters. The van der Waals surface area contributed by atoms with Crippen LogP contribution >= 0.6 is 11.3 Å². The molecule has 9 heteroatoms. The lowest BCUT2D eigenvalue weighted by Crippen LogP contribution is -2.22. The maximum absolute atomic E-state index is 14.3. The Morgan fingerprint density at radius 1 is 0.848 bits per heavy atom. The second-order valence-electron chi connectivity index (χ2n) is 12.2. The smallest absolute Gasteiger partial charge is 0.359 e. The van der Waals surface area contributed by atoms with Gasteiger partial charge < -0.3 is 14.0 Å². The Balaban J connectivity index is 1.45. The van der Waals surface area contributed by atoms with Gasteiger partial charge in [0.25, 0.3) is 0 Å². The second-order valence-corrected chi connectivity index (χ2v) is 18.8. The molecule has 2 heterocycles. The molecule has 0 N–H and O–H groups in total. The van der Waals surface area contributed by atoms with Crippen LogP contribution in [0.5, 0.6) is 0 Å². The van der Waals surface area contributed by atoms with Crippen LogP contribution in [0, 0.1) is 0 Å². The van der Waals surface area contributed by atoms with E-state index < -0.39 is 14.0 Å². The first-order valence-electron chi connectivity index (χ1n) is 15.2. The summed E-state index contributed by atoms with van der Waals surface area (Å²) in [5.41, 5.74) is 3.82. The lowest BCUT2D eigenvalue weighted by Gasteiger charge is -2.16. The summed E-state index contributed by atoms with van der Waals surface area (Å²) in [6, 6.07) is 32.6. The second kappa shape index (κ2) is 13.3. The summed E-state index contributed by atoms with van der Waals surface area (Å²) in [4.78, 5) is 36.7. The molecule has 0 aliphatic carbocycles. The van der Waals surface area contributed by atoms with Gasteiger partial charge in [-0.05, 0) is 11.4 Å². The number of carbonyl (C=O) groups is 2. The molecule has 6 aromatic rings. The normalized spacial score (nSPS) is 11.6. The number of fused-ring (bicyclic) bond motifs is 3. The van der Waals surface area contributed by atoms with Gasteiger partial charge in [0.1, 0.15) is 6.73 Å². The lowest BCUT2D eigenvalue weighted by atomic mass is 10.0. The van der Waals surface area contributed by atoms with Crippen LogP contribution < -0.4 is 0 Å². The van der Waals surface area contributed by atoms with Gasteiger partial charge in [-0.1, -0.05) is 128 Å². The summed E-state index contributed by atoms with van der Waals surface area (Å²) < 4.78 is 13.2. The van der Waals surface area contributed by atoms with E-state index in [0.717, 1.165) is 50.2 Å². The summed E-state index contributed by atoms with van der Waals surface area (Å²) in [7, 11) is 0.0342. The molecule has 7 nitrogen and oxygen atoms in total. The van der Waals surface area contributed by atoms with Crippen LogP contribution in [-0.4, -0.2) is 48.8 Å². The van der Waals surface area contributed by atoms with Gasteiger partial charge in [-0.25, -0.2) is 14.8 Å². The van der Waals surface area contributed by atoms with Crippen molar-refractivity contribution in [2.45, 2.75) is 32.4 Å². The summed E-state index contributed by atoms with van der Waals surface area (Å²) in [6.07, 6.45) is 1.84. The van der Waals surface area contributed by atoms with E-state index in [0.29, 0.717) is 29.6 Å². The molecule has 6 rings (SSSR count). The highest BCUT2D eigenvalue weighted by Gasteiger charge is 2.27. The standard InChI is InChI=1S/C37H35N3O4SSi/c1-43-37(42)32-35(38-31(26-14-7-5-8-15-26)27-16-9-6-10-17-27)45-36(39-32)34(41)30-23-40(24-44-21-22-46(2,3)4)33-28-18-12-11-13-25(28)19-20-29(30)33/h5-20,23H,21-22,24H2,1-4H3. The number of esters is 1. The molecule has 4 aromatic carbocycles. The van der Waals surface area contributed by atoms with Crippen molar-refractivity contribution in [2.24, 2.45) is 4.99 Å². The molecular weight excluding hydrogens is 611 g/mol. The predicted molar refractivity (Wildman–Crippen MR) is 189 cm³/mol. The number of hydrogen-bond donors (Lipinski definition) is 0. The van der Waals surface area contributed by atoms with Crippen LogP contribution in [-0.2, 0) is 16.2 Å². The quantitative estimate of drug-likeness (QED) is 0.0463. The summed E-state index contributed by atoms with van der Waals surface area (Å²) >= 11 is 1.08. The zero-order valence-electron chi connectivity index (χ0n) is 26.3. The highest BCUT2D eigenvalue weighted by molar-refractivity contribution is 7.17. The number of ether oxygens (including phenoxy) is 2. The van der Waals surface area contributed by atoms with Crippen molar-refractivity contribution >= 4 is 63.6 Å². The molecule has 0 bridgehead atoms. The SMILES string of the molecule is COC(=O)c1nc(C(=O)c2cn(COCC[Si](C)(C)C)c3c2ccc2ccccc23)sc1N=C(c1ccccc1)c1ccccc1. The maximum atomic E-state index is 14.3. The molecule has 0 fully saturated rings. The molecule has 0 spiro atoms. The average Bonchev–Trinajstić information content (AvgIpc) is 3.67. The number of carbonyl (C=O) groups excluding carboxylic acids is 2. The fourth-order valence-corrected chi connectivity index (χ4v) is 6.96. The van der Waals surface area contributed by atoms with Gasteiger partial charge in [0.05, 0.1) is 23.9 Å². The van der Waals surface area contributed by atoms with Crippen molar-refractivity contribution in [3.63, 3.8) is 0 Å². The number of methoxy groups -OCH3 is 1. The molecule has 0 saturated heterocycles. The number of ketones is 1. The molecule has 0 aliphatic heterocycles. The van der Waals surface area contributed by atoms with Crippen molar-refractivity contribution in [3.05, 3.63) is 131 Å². The molecule has 0 saturated carbocycles. The number of nitrogens with zero attached hydrogens (tertiary/aromatic N) is 3. The summed E-state index contributed by atoms with van der Waals surface area (Å²) in [6.45, 7) is 7.95. The molecular formula is C37H35N3O4SSi. The minimum Gasteiger partial charge on any atom is -0.464 e. The average molecular weight is 646 g/mol. The molecule has 0 amide bonds. The Hall–Kier alpha value is -4.70. The van der Waals surface area contributed by atoms with Crippen molar-refractivity contribution < 1.29 is 19.1 Å². The molecule has 0 aliphatic rings. The van der Waals surface area contributed by atoms with E-state index in [2.05, 4.69) is 36.8 Å². The molecule has 46 heavy (non-hydrogen) atoms. The van der Waals surface area contributed by atoms with Crippen LogP contribution in [0.1, 0.15) is 37.0 Å². The van der Waals surface area contributed by atoms with Gasteiger partial charge in [-0.2, -0.15) is 0 Å². The van der Waals surface area contributed by atoms with Gasteiger partial charge in [0, 0.05) is 42.8 Å². The van der Waals surface area contributed by atoms with E-state index in [1.807, 2.05) is 95.7 Å². The van der Waals surface area contributed by atoms with E-state index in [1.54, 1.807) is 0 Å². The van der Waals surface area contributed by atoms with Gasteiger partial charge >= 0.3 is 5.97 Å². The molecule has 2 aromatic heterocycles. The zero-order valence-corrected chi connectivity index (χ0v) is 28.1. The van der Waals surface area contributed by atoms with Gasteiger partial charge in [-0.3, -0.25) is 4.79 Å². The van der Waals surface area contributed by atoms with E-state index in [4.69, 9.17) is 14.5 Å². The maximum Gasteiger partial charge on any atom is 0.359 e. The van der Waals surface area contributed by atoms with Gasteiger partial charge in [-0.15, -0.1) is 0 Å². The predicted octanol–water partition coefficient (Wildman–Crippen LogP) is 8.75. The lowest BCUT2D eigenvalue weighted by molar-refractivity contribution is 0.0596. The molecule has 0 radical (unpaired) electrons. The Labute approximate surface area is 273 Å². The molecule has 0 unspecified atom stereocenters. The Morgan fingerprint density at radius 2 is 1.50 bits per heavy atom. The van der Waals surface area contributed by atoms with Crippen molar-refractivity contribution in [3.8, 4) is 0 Å². The van der Waals surface area contributed by atoms with Crippen LogP contribution in [0.3, 0.4) is 0 Å². The highest BCUT2D eigenvalue weighted by atomic mass is 32.1. The van der Waals surface area contributed by atoms with Crippen LogP contribution in [0.4, 0.5) is 5.00 Å². The van der Waals surface area contributed by atoms with Crippen molar-refractivity contribution in [1.29, 1.82) is 0 Å². The number of aromatic nitrogens is 2. The van der Waals surface area contributed by atoms with E-state index in [9.17, 15) is 9.59 Å². The fraction of sp³-hybridized carbons (Fsp3) is 0.189. The highest BCUT2D eigenvalue weighted by Crippen LogP contribution is 2.35. The van der Waals surface area contributed by atoms with Crippen molar-refractivity contribution in [1.82, 2.24) is 9.55 Å². The van der Waals surface area contributed by atoms with Gasteiger partial charge in [0.15, 0.2) is 15.7 Å². The summed E-state index contributed by atoms with van der Waals surface area (Å²) in [5, 5.41) is 3.37. The number of hydrogen-bond acceptors (Lipinski definition) is 7. The third kappa shape index (κ3) is 6.62. The van der Waals surface area contributed by atoms with Gasteiger partial charge in [0.2, 0.25) is 5.78 Å². The number of thiazole rings is 1. The van der Waals surface area contributed by atoms with Crippen molar-refractivity contribution in [2.75, 3.05) is 13.7 Å². The minimum atomic E-state index is -1.26. The number of aliphatic imine (C=N–C) groups is 1. The Kier molecular flexibility index (Phi) is 9.07. The van der Waals surface area contributed by atoms with Crippen LogP contribution in [0.25, 0.3) is 21.7 Å². The Morgan fingerprint density at radius 3 is 2.15 bits per heavy atom. The number of rotatable bonds is 11. The first-order chi connectivity index (χ1) is 22.2. The fourth-order valence-electron chi connectivity index (χ4n) is 5.32. The van der Waals surface area contributed by atoms with E-state index in [1.165, 1.54) is 7.11 Å². The first kappa shape index (κ1) is 31.3. The number of benzene rings is 4.